The highest BCUT2D eigenvalue weighted by molar-refractivity contribution is 5.68. The lowest BCUT2D eigenvalue weighted by Gasteiger charge is -2.30. The van der Waals surface area contributed by atoms with Crippen LogP contribution in [-0.2, 0) is 19.0 Å². The molecule has 0 aromatic carbocycles. The highest BCUT2D eigenvalue weighted by Gasteiger charge is 2.28. The Kier molecular flexibility index (Phi) is 7.52. The van der Waals surface area contributed by atoms with E-state index < -0.39 is 17.2 Å². The van der Waals surface area contributed by atoms with Gasteiger partial charge in [-0.1, -0.05) is 0 Å². The molecule has 0 saturated carbocycles. The Labute approximate surface area is 119 Å². The van der Waals surface area contributed by atoms with Crippen LogP contribution in [0.2, 0.25) is 0 Å². The molecular weight excluding hydrogens is 266 g/mol. The van der Waals surface area contributed by atoms with Crippen molar-refractivity contribution < 1.29 is 28.9 Å². The summed E-state index contributed by atoms with van der Waals surface area (Å²) in [5, 5.41) is 11.9. The van der Waals surface area contributed by atoms with Crippen LogP contribution in [0.4, 0.5) is 4.79 Å². The van der Waals surface area contributed by atoms with E-state index in [-0.39, 0.29) is 32.4 Å². The minimum atomic E-state index is -0.960. The molecule has 0 spiro atoms. The summed E-state index contributed by atoms with van der Waals surface area (Å²) in [7, 11) is 0. The number of alkyl carbamates (subject to hydrolysis) is 1. The molecule has 7 nitrogen and oxygen atoms in total. The van der Waals surface area contributed by atoms with E-state index in [0.717, 1.165) is 0 Å². The molecular formula is C13H25NO6. The molecule has 0 aliphatic heterocycles. The second kappa shape index (κ2) is 8.06. The number of carbonyl (C=O) groups is 2. The highest BCUT2D eigenvalue weighted by atomic mass is 16.6. The molecule has 0 aromatic heterocycles. The fraction of sp³-hybridized carbons (Fsp3) is 0.846. The van der Waals surface area contributed by atoms with Crippen molar-refractivity contribution in [2.75, 3.05) is 26.4 Å². The molecule has 0 saturated heterocycles. The molecule has 7 heteroatoms. The van der Waals surface area contributed by atoms with E-state index >= 15 is 0 Å². The average Bonchev–Trinajstić information content (AvgIpc) is 2.25. The van der Waals surface area contributed by atoms with Crippen molar-refractivity contribution in [3.05, 3.63) is 0 Å². The van der Waals surface area contributed by atoms with Crippen LogP contribution in [0.15, 0.2) is 0 Å². The number of esters is 1. The summed E-state index contributed by atoms with van der Waals surface area (Å²) in [6.07, 6.45) is -0.627. The number of aliphatic hydroxyl groups excluding tert-OH is 1. The van der Waals surface area contributed by atoms with Crippen LogP contribution >= 0.6 is 0 Å². The molecule has 0 bridgehead atoms. The number of carbonyl (C=O) groups excluding carboxylic acids is 2. The number of amides is 1. The van der Waals surface area contributed by atoms with Crippen molar-refractivity contribution in [1.29, 1.82) is 0 Å². The zero-order valence-electron chi connectivity index (χ0n) is 12.8. The maximum Gasteiger partial charge on any atom is 0.408 e. The fourth-order valence-corrected chi connectivity index (χ4v) is 1.21. The van der Waals surface area contributed by atoms with Crippen molar-refractivity contribution in [2.24, 2.45) is 0 Å². The van der Waals surface area contributed by atoms with Gasteiger partial charge in [0.05, 0.1) is 25.4 Å². The van der Waals surface area contributed by atoms with Crippen LogP contribution in [-0.4, -0.2) is 54.7 Å². The van der Waals surface area contributed by atoms with Gasteiger partial charge in [-0.25, -0.2) is 4.79 Å². The van der Waals surface area contributed by atoms with Crippen LogP contribution in [0.25, 0.3) is 0 Å². The minimum Gasteiger partial charge on any atom is -0.463 e. The van der Waals surface area contributed by atoms with E-state index in [9.17, 15) is 14.7 Å². The maximum absolute atomic E-state index is 11.6. The zero-order chi connectivity index (χ0) is 15.8. The Morgan fingerprint density at radius 3 is 2.20 bits per heavy atom. The van der Waals surface area contributed by atoms with Gasteiger partial charge in [-0.05, 0) is 27.7 Å². The van der Waals surface area contributed by atoms with E-state index in [1.54, 1.807) is 27.7 Å². The molecule has 0 radical (unpaired) electrons. The van der Waals surface area contributed by atoms with Crippen molar-refractivity contribution >= 4 is 12.1 Å². The highest BCUT2D eigenvalue weighted by Crippen LogP contribution is 2.10. The third kappa shape index (κ3) is 9.57. The largest absolute Gasteiger partial charge is 0.463 e. The first kappa shape index (κ1) is 18.7. The number of nitrogens with one attached hydrogen (secondary N) is 1. The van der Waals surface area contributed by atoms with Gasteiger partial charge < -0.3 is 24.6 Å². The molecule has 0 aromatic rings. The summed E-state index contributed by atoms with van der Waals surface area (Å²) < 4.78 is 15.1. The topological polar surface area (TPSA) is 94.1 Å². The molecule has 0 aliphatic carbocycles. The van der Waals surface area contributed by atoms with Crippen LogP contribution in [0.5, 0.6) is 0 Å². The maximum atomic E-state index is 11.6. The number of aliphatic hydroxyl groups is 1. The van der Waals surface area contributed by atoms with E-state index in [2.05, 4.69) is 5.32 Å². The van der Waals surface area contributed by atoms with Crippen molar-refractivity contribution in [2.45, 2.75) is 45.8 Å². The summed E-state index contributed by atoms with van der Waals surface area (Å²) >= 11 is 0. The van der Waals surface area contributed by atoms with Crippen molar-refractivity contribution in [3.63, 3.8) is 0 Å². The molecule has 20 heavy (non-hydrogen) atoms. The molecule has 0 fully saturated rings. The van der Waals surface area contributed by atoms with Gasteiger partial charge in [0.15, 0.2) is 0 Å². The third-order valence-corrected chi connectivity index (χ3v) is 2.11. The van der Waals surface area contributed by atoms with E-state index in [0.29, 0.717) is 0 Å². The summed E-state index contributed by atoms with van der Waals surface area (Å²) in [5.74, 6) is -0.384. The quantitative estimate of drug-likeness (QED) is 0.533. The average molecular weight is 291 g/mol. The SMILES string of the molecule is CC(=O)OCCOC[C@@](C)(CO)NC(=O)OC(C)(C)C. The smallest absolute Gasteiger partial charge is 0.408 e. The standard InChI is InChI=1S/C13H25NO6/c1-10(16)19-7-6-18-9-13(5,8-15)14-11(17)20-12(2,3)4/h15H,6-9H2,1-5H3,(H,14,17)/t13-/m1/s1. The van der Waals surface area contributed by atoms with Crippen LogP contribution in [0.3, 0.4) is 0 Å². The van der Waals surface area contributed by atoms with Gasteiger partial charge in [0, 0.05) is 6.92 Å². The lowest BCUT2D eigenvalue weighted by Crippen LogP contribution is -2.53. The summed E-state index contributed by atoms with van der Waals surface area (Å²) in [6.45, 7) is 8.26. The van der Waals surface area contributed by atoms with Crippen LogP contribution < -0.4 is 5.32 Å². The number of rotatable bonds is 7. The fourth-order valence-electron chi connectivity index (χ4n) is 1.21. The molecule has 118 valence electrons. The van der Waals surface area contributed by atoms with E-state index in [1.807, 2.05) is 0 Å². The molecule has 0 heterocycles. The van der Waals surface area contributed by atoms with Crippen molar-refractivity contribution in [1.82, 2.24) is 5.32 Å². The third-order valence-electron chi connectivity index (χ3n) is 2.11. The lowest BCUT2D eigenvalue weighted by molar-refractivity contribution is -0.142. The zero-order valence-corrected chi connectivity index (χ0v) is 12.8. The molecule has 0 aliphatic rings. The summed E-state index contributed by atoms with van der Waals surface area (Å²) in [6, 6.07) is 0. The normalized spacial score (nSPS) is 14.3. The van der Waals surface area contributed by atoms with E-state index in [1.165, 1.54) is 6.92 Å². The second-order valence-corrected chi connectivity index (χ2v) is 5.74. The van der Waals surface area contributed by atoms with E-state index in [4.69, 9.17) is 14.2 Å². The van der Waals surface area contributed by atoms with Gasteiger partial charge in [-0.3, -0.25) is 4.79 Å². The molecule has 2 N–H and O–H groups in total. The molecule has 0 rings (SSSR count). The Morgan fingerprint density at radius 1 is 1.15 bits per heavy atom. The van der Waals surface area contributed by atoms with Gasteiger partial charge in [-0.15, -0.1) is 0 Å². The predicted octanol–water partition coefficient (Wildman–Crippen LogP) is 0.842. The molecule has 0 unspecified atom stereocenters. The van der Waals surface area contributed by atoms with Crippen LogP contribution in [0.1, 0.15) is 34.6 Å². The first-order valence-corrected chi connectivity index (χ1v) is 6.41. The second-order valence-electron chi connectivity index (χ2n) is 5.74. The molecule has 1 atom stereocenters. The number of ether oxygens (including phenoxy) is 3. The minimum absolute atomic E-state index is 0.0734. The van der Waals surface area contributed by atoms with Crippen molar-refractivity contribution in [3.8, 4) is 0 Å². The lowest BCUT2D eigenvalue weighted by atomic mass is 10.1. The van der Waals surface area contributed by atoms with Gasteiger partial charge in [0.1, 0.15) is 12.2 Å². The van der Waals surface area contributed by atoms with Gasteiger partial charge >= 0.3 is 12.1 Å². The van der Waals surface area contributed by atoms with Crippen LogP contribution in [0, 0.1) is 0 Å². The first-order chi connectivity index (χ1) is 9.08. The molecule has 1 amide bonds. The van der Waals surface area contributed by atoms with Gasteiger partial charge in [-0.2, -0.15) is 0 Å². The Bertz CT molecular complexity index is 325. The monoisotopic (exact) mass is 291 g/mol. The number of hydrogen-bond acceptors (Lipinski definition) is 6. The summed E-state index contributed by atoms with van der Waals surface area (Å²) in [4.78, 5) is 22.2. The predicted molar refractivity (Wildman–Crippen MR) is 72.3 cm³/mol. The Balaban J connectivity index is 4.13. The van der Waals surface area contributed by atoms with Gasteiger partial charge in [0.2, 0.25) is 0 Å². The first-order valence-electron chi connectivity index (χ1n) is 6.41. The number of hydrogen-bond donors (Lipinski definition) is 2. The Morgan fingerprint density at radius 2 is 1.75 bits per heavy atom. The summed E-state index contributed by atoms with van der Waals surface area (Å²) in [5.41, 5.74) is -1.57. The van der Waals surface area contributed by atoms with Gasteiger partial charge in [0.25, 0.3) is 0 Å². The Hall–Kier alpha value is -1.34.